The van der Waals surface area contributed by atoms with E-state index in [1.165, 1.54) is 4.31 Å². The van der Waals surface area contributed by atoms with Gasteiger partial charge in [0.15, 0.2) is 4.75 Å². The summed E-state index contributed by atoms with van der Waals surface area (Å²) in [7, 11) is -2.30. The highest BCUT2D eigenvalue weighted by molar-refractivity contribution is 7.91. The number of methoxy groups -OCH3 is 1. The third kappa shape index (κ3) is 4.73. The van der Waals surface area contributed by atoms with Gasteiger partial charge in [0.2, 0.25) is 10.0 Å². The maximum Gasteiger partial charge on any atom is 0.266 e. The first-order valence-corrected chi connectivity index (χ1v) is 10.8. The van der Waals surface area contributed by atoms with Crippen LogP contribution in [0.25, 0.3) is 0 Å². The highest BCUT2D eigenvalue weighted by Gasteiger charge is 2.54. The second-order valence-electron chi connectivity index (χ2n) is 7.25. The van der Waals surface area contributed by atoms with Crippen LogP contribution in [-0.2, 0) is 30.9 Å². The van der Waals surface area contributed by atoms with E-state index in [-0.39, 0.29) is 44.4 Å². The van der Waals surface area contributed by atoms with Crippen molar-refractivity contribution < 1.29 is 27.9 Å². The van der Waals surface area contributed by atoms with Crippen molar-refractivity contribution in [2.45, 2.75) is 43.0 Å². The Kier molecular flexibility index (Phi) is 8.38. The number of piperidine rings is 1. The molecular formula is C18H28ClN3O6S. The lowest BCUT2D eigenvalue weighted by molar-refractivity contribution is -0.134. The average molecular weight is 450 g/mol. The van der Waals surface area contributed by atoms with Crippen LogP contribution in [0.4, 0.5) is 0 Å². The van der Waals surface area contributed by atoms with Gasteiger partial charge in [-0.2, -0.15) is 0 Å². The van der Waals surface area contributed by atoms with E-state index in [4.69, 9.17) is 14.7 Å². The van der Waals surface area contributed by atoms with Crippen molar-refractivity contribution in [3.8, 4) is 0 Å². The van der Waals surface area contributed by atoms with Gasteiger partial charge in [-0.1, -0.05) is 6.07 Å². The van der Waals surface area contributed by atoms with Crippen molar-refractivity contribution in [2.75, 3.05) is 33.4 Å². The molecule has 2 fully saturated rings. The lowest BCUT2D eigenvalue weighted by atomic mass is 9.94. The summed E-state index contributed by atoms with van der Waals surface area (Å²) >= 11 is 0. The average Bonchev–Trinajstić information content (AvgIpc) is 2.74. The van der Waals surface area contributed by atoms with Crippen LogP contribution in [0.1, 0.15) is 42.9 Å². The van der Waals surface area contributed by atoms with E-state index >= 15 is 0 Å². The number of rotatable bonds is 6. The SMILES string of the molecule is COCc1ccc(C2CCN(S(=O)(=O)C3(C(=O)NO)CCOCC3)CC2)nc1.Cl. The van der Waals surface area contributed by atoms with Crippen LogP contribution in [-0.4, -0.2) is 67.0 Å². The Labute approximate surface area is 177 Å². The highest BCUT2D eigenvalue weighted by Crippen LogP contribution is 2.36. The molecule has 0 bridgehead atoms. The van der Waals surface area contributed by atoms with Gasteiger partial charge in [0.25, 0.3) is 5.91 Å². The molecule has 1 aromatic heterocycles. The minimum atomic E-state index is -3.93. The van der Waals surface area contributed by atoms with Crippen molar-refractivity contribution in [1.82, 2.24) is 14.8 Å². The molecule has 0 radical (unpaired) electrons. The van der Waals surface area contributed by atoms with E-state index in [0.29, 0.717) is 32.5 Å². The molecule has 0 aromatic carbocycles. The topological polar surface area (TPSA) is 118 Å². The third-order valence-electron chi connectivity index (χ3n) is 5.68. The standard InChI is InChI=1S/C18H27N3O6S.ClH/c1-26-13-14-2-3-16(19-12-14)15-4-8-21(9-5-15)28(24,25)18(17(22)20-23)6-10-27-11-7-18;/h2-3,12,15,23H,4-11,13H2,1H3,(H,20,22);1H. The molecule has 9 nitrogen and oxygen atoms in total. The second-order valence-corrected chi connectivity index (χ2v) is 9.50. The van der Waals surface area contributed by atoms with Crippen LogP contribution < -0.4 is 5.48 Å². The Bertz CT molecular complexity index is 775. The number of ether oxygens (including phenoxy) is 2. The zero-order valence-electron chi connectivity index (χ0n) is 16.4. The maximum absolute atomic E-state index is 13.3. The molecule has 1 aromatic rings. The summed E-state index contributed by atoms with van der Waals surface area (Å²) in [5.41, 5.74) is 3.47. The van der Waals surface area contributed by atoms with Crippen molar-refractivity contribution in [3.63, 3.8) is 0 Å². The number of hydroxylamine groups is 1. The molecule has 0 atom stereocenters. The number of sulfonamides is 1. The number of nitrogens with one attached hydrogen (secondary N) is 1. The molecule has 0 spiro atoms. The van der Waals surface area contributed by atoms with Crippen LogP contribution in [0.15, 0.2) is 18.3 Å². The predicted octanol–water partition coefficient (Wildman–Crippen LogP) is 1.21. The number of carbonyl (C=O) groups excluding carboxylic acids is 1. The smallest absolute Gasteiger partial charge is 0.266 e. The van der Waals surface area contributed by atoms with Crippen molar-refractivity contribution in [2.24, 2.45) is 0 Å². The van der Waals surface area contributed by atoms with E-state index in [1.54, 1.807) is 18.8 Å². The minimum Gasteiger partial charge on any atom is -0.381 e. The van der Waals surface area contributed by atoms with Crippen molar-refractivity contribution >= 4 is 28.3 Å². The van der Waals surface area contributed by atoms with Gasteiger partial charge in [-0.25, -0.2) is 18.2 Å². The fourth-order valence-corrected chi connectivity index (χ4v) is 6.12. The van der Waals surface area contributed by atoms with Crippen LogP contribution in [0.3, 0.4) is 0 Å². The summed E-state index contributed by atoms with van der Waals surface area (Å²) < 4.78 is 36.6. The molecule has 0 saturated carbocycles. The first-order chi connectivity index (χ1) is 13.4. The lowest BCUT2D eigenvalue weighted by Crippen LogP contribution is -2.60. The van der Waals surface area contributed by atoms with Crippen molar-refractivity contribution in [1.29, 1.82) is 0 Å². The number of carbonyl (C=O) groups is 1. The Hall–Kier alpha value is -1.30. The van der Waals surface area contributed by atoms with Gasteiger partial charge in [-0.05, 0) is 24.5 Å². The Morgan fingerprint density at radius 1 is 1.34 bits per heavy atom. The van der Waals surface area contributed by atoms with Gasteiger partial charge in [0.05, 0.1) is 6.61 Å². The van der Waals surface area contributed by atoms with Crippen LogP contribution in [0, 0.1) is 0 Å². The molecule has 2 aliphatic rings. The fraction of sp³-hybridized carbons (Fsp3) is 0.667. The molecule has 3 heterocycles. The van der Waals surface area contributed by atoms with E-state index < -0.39 is 20.7 Å². The van der Waals surface area contributed by atoms with Crippen LogP contribution >= 0.6 is 12.4 Å². The zero-order chi connectivity index (χ0) is 20.2. The number of pyridine rings is 1. The van der Waals surface area contributed by atoms with E-state index in [9.17, 15) is 13.2 Å². The normalized spacial score (nSPS) is 20.6. The first kappa shape index (κ1) is 24.0. The molecule has 29 heavy (non-hydrogen) atoms. The van der Waals surface area contributed by atoms with Gasteiger partial charge in [0, 0.05) is 64.1 Å². The molecule has 2 N–H and O–H groups in total. The van der Waals surface area contributed by atoms with E-state index in [0.717, 1.165) is 11.3 Å². The van der Waals surface area contributed by atoms with Gasteiger partial charge in [0.1, 0.15) is 0 Å². The number of hydrogen-bond donors (Lipinski definition) is 2. The lowest BCUT2D eigenvalue weighted by Gasteiger charge is -2.40. The van der Waals surface area contributed by atoms with E-state index in [2.05, 4.69) is 4.98 Å². The summed E-state index contributed by atoms with van der Waals surface area (Å²) in [5, 5.41) is 9.12. The number of hydrogen-bond acceptors (Lipinski definition) is 7. The fourth-order valence-electron chi connectivity index (χ4n) is 3.97. The summed E-state index contributed by atoms with van der Waals surface area (Å²) in [5.74, 6) is -0.714. The quantitative estimate of drug-likeness (QED) is 0.495. The largest absolute Gasteiger partial charge is 0.381 e. The van der Waals surface area contributed by atoms with Crippen molar-refractivity contribution in [3.05, 3.63) is 29.6 Å². The maximum atomic E-state index is 13.3. The first-order valence-electron chi connectivity index (χ1n) is 9.40. The molecule has 2 saturated heterocycles. The molecule has 0 unspecified atom stereocenters. The molecule has 164 valence electrons. The number of halogens is 1. The van der Waals surface area contributed by atoms with Gasteiger partial charge >= 0.3 is 0 Å². The molecular weight excluding hydrogens is 422 g/mol. The summed E-state index contributed by atoms with van der Waals surface area (Å²) in [6.45, 7) is 1.47. The number of nitrogens with zero attached hydrogens (tertiary/aromatic N) is 2. The van der Waals surface area contributed by atoms with E-state index in [1.807, 2.05) is 12.1 Å². The van der Waals surface area contributed by atoms with Gasteiger partial charge in [-0.15, -0.1) is 12.4 Å². The molecule has 3 rings (SSSR count). The van der Waals surface area contributed by atoms with Gasteiger partial charge in [-0.3, -0.25) is 15.0 Å². The summed E-state index contributed by atoms with van der Waals surface area (Å²) in [4.78, 5) is 16.8. The van der Waals surface area contributed by atoms with Gasteiger partial charge < -0.3 is 9.47 Å². The monoisotopic (exact) mass is 449 g/mol. The molecule has 1 amide bonds. The highest BCUT2D eigenvalue weighted by atomic mass is 35.5. The van der Waals surface area contributed by atoms with Crippen LogP contribution in [0.5, 0.6) is 0 Å². The molecule has 11 heteroatoms. The number of aromatic nitrogens is 1. The van der Waals surface area contributed by atoms with Crippen LogP contribution in [0.2, 0.25) is 0 Å². The third-order valence-corrected chi connectivity index (χ3v) is 8.31. The molecule has 2 aliphatic heterocycles. The Morgan fingerprint density at radius 3 is 2.52 bits per heavy atom. The summed E-state index contributed by atoms with van der Waals surface area (Å²) in [6, 6.07) is 3.93. The minimum absolute atomic E-state index is 0. The molecule has 0 aliphatic carbocycles. The predicted molar refractivity (Wildman–Crippen MR) is 107 cm³/mol. The number of amides is 1. The Morgan fingerprint density at radius 2 is 2.00 bits per heavy atom. The zero-order valence-corrected chi connectivity index (χ0v) is 18.0. The summed E-state index contributed by atoms with van der Waals surface area (Å²) in [6.07, 6.45) is 3.10. The Balaban J connectivity index is 0.00000300. The second kappa shape index (κ2) is 10.1.